The zero-order valence-corrected chi connectivity index (χ0v) is 22.4. The number of aliphatic hydroxyl groups is 1. The van der Waals surface area contributed by atoms with Crippen molar-refractivity contribution in [2.45, 2.75) is 119 Å². The molecule has 3 heteroatoms. The molecule has 0 spiro atoms. The Bertz CT molecular complexity index is 257. The summed E-state index contributed by atoms with van der Waals surface area (Å²) < 4.78 is 5.13. The van der Waals surface area contributed by atoms with Crippen molar-refractivity contribution < 1.29 is 5.11 Å². The van der Waals surface area contributed by atoms with Gasteiger partial charge in [-0.1, -0.05) is 0 Å². The first-order valence-electron chi connectivity index (χ1n) is 11.0. The second kappa shape index (κ2) is 21.0. The number of thiocarbonyl (C=S) groups is 1. The Morgan fingerprint density at radius 2 is 1.12 bits per heavy atom. The van der Waals surface area contributed by atoms with Gasteiger partial charge in [-0.05, 0) is 12.2 Å². The van der Waals surface area contributed by atoms with Crippen molar-refractivity contribution in [1.82, 2.24) is 0 Å². The Hall–Kier alpha value is 0.689. The molecule has 0 radical (unpaired) electrons. The second-order valence-corrected chi connectivity index (χ2v) is 19.1. The molecule has 0 atom stereocenters. The van der Waals surface area contributed by atoms with Crippen LogP contribution in [-0.4, -0.2) is 29.9 Å². The van der Waals surface area contributed by atoms with Gasteiger partial charge in [0.1, 0.15) is 0 Å². The molecular formula is C22H48OSSn. The maximum absolute atomic E-state index is 7.79. The summed E-state index contributed by atoms with van der Waals surface area (Å²) in [4.78, 5) is 0. The topological polar surface area (TPSA) is 20.2 Å². The quantitative estimate of drug-likeness (QED) is 0.145. The monoisotopic (exact) mass is 480 g/mol. The van der Waals surface area contributed by atoms with Crippen LogP contribution in [0.3, 0.4) is 0 Å². The summed E-state index contributed by atoms with van der Waals surface area (Å²) in [7, 11) is 0. The summed E-state index contributed by atoms with van der Waals surface area (Å²) in [6.07, 6.45) is 15.0. The van der Waals surface area contributed by atoms with E-state index in [2.05, 4.69) is 46.8 Å². The first kappa shape index (κ1) is 27.9. The molecule has 0 aliphatic rings. The number of unbranched alkanes of at least 4 members (excludes halogenated alkanes) is 5. The van der Waals surface area contributed by atoms with Crippen LogP contribution in [0.15, 0.2) is 0 Å². The van der Waals surface area contributed by atoms with E-state index < -0.39 is 19.8 Å². The molecule has 0 fully saturated rings. The van der Waals surface area contributed by atoms with E-state index in [4.69, 9.17) is 5.11 Å². The fourth-order valence-corrected chi connectivity index (χ4v) is 13.5. The second-order valence-electron chi connectivity index (χ2n) is 8.59. The molecule has 0 aromatic carbocycles. The SMILES string of the molecule is CC(O)=S.CCC[CH2][SnH]([CH2]CCCCC(C)C)[CH2]CCCCC(C)C. The summed E-state index contributed by atoms with van der Waals surface area (Å²) in [5.74, 6) is 1.82. The molecule has 0 saturated carbocycles. The van der Waals surface area contributed by atoms with Gasteiger partial charge in [-0.15, -0.1) is 0 Å². The van der Waals surface area contributed by atoms with E-state index in [9.17, 15) is 0 Å². The number of aliphatic hydroxyl groups excluding tert-OH is 1. The molecule has 0 aliphatic carbocycles. The molecule has 0 aromatic heterocycles. The van der Waals surface area contributed by atoms with Gasteiger partial charge in [0, 0.05) is 6.92 Å². The molecule has 1 N–H and O–H groups in total. The van der Waals surface area contributed by atoms with Crippen LogP contribution in [0.25, 0.3) is 0 Å². The Morgan fingerprint density at radius 1 is 0.760 bits per heavy atom. The third kappa shape index (κ3) is 29.7. The van der Waals surface area contributed by atoms with Crippen molar-refractivity contribution >= 4 is 37.0 Å². The van der Waals surface area contributed by atoms with Crippen molar-refractivity contribution in [3.05, 3.63) is 0 Å². The van der Waals surface area contributed by atoms with E-state index in [-0.39, 0.29) is 5.05 Å². The van der Waals surface area contributed by atoms with Crippen LogP contribution in [0.2, 0.25) is 13.3 Å². The third-order valence-electron chi connectivity index (χ3n) is 4.75. The standard InChI is InChI=1S/2C8H17.C4H9.C2H4OS.Sn.H/c2*1-4-5-6-7-8(2)3;1-3-4-2;1-2(3)4;;/h2*8H,1,4-7H2,2-3H3;1,3-4H2,2H3;1H3,(H,3,4);;. The molecule has 152 valence electrons. The first-order chi connectivity index (χ1) is 11.8. The summed E-state index contributed by atoms with van der Waals surface area (Å²) in [5.41, 5.74) is 0. The zero-order chi connectivity index (χ0) is 19.5. The van der Waals surface area contributed by atoms with Crippen LogP contribution in [0.5, 0.6) is 0 Å². The van der Waals surface area contributed by atoms with Gasteiger partial charge in [0.2, 0.25) is 0 Å². The normalized spacial score (nSPS) is 11.1. The van der Waals surface area contributed by atoms with E-state index in [0.717, 1.165) is 11.8 Å². The molecule has 0 heterocycles. The summed E-state index contributed by atoms with van der Waals surface area (Å²) in [6, 6.07) is 0. The number of rotatable bonds is 15. The molecule has 1 nitrogen and oxygen atoms in total. The minimum atomic E-state index is -1.11. The van der Waals surface area contributed by atoms with Gasteiger partial charge < -0.3 is 5.11 Å². The summed E-state index contributed by atoms with van der Waals surface area (Å²) in [5, 5.41) is 7.79. The van der Waals surface area contributed by atoms with Gasteiger partial charge in [0.15, 0.2) is 5.05 Å². The molecule has 0 aromatic rings. The van der Waals surface area contributed by atoms with Crippen LogP contribution >= 0.6 is 12.2 Å². The maximum atomic E-state index is 7.79. The van der Waals surface area contributed by atoms with Crippen molar-refractivity contribution in [1.29, 1.82) is 0 Å². The predicted octanol–water partition coefficient (Wildman–Crippen LogP) is 8.34. The summed E-state index contributed by atoms with van der Waals surface area (Å²) in [6.45, 7) is 13.3. The summed E-state index contributed by atoms with van der Waals surface area (Å²) >= 11 is 2.98. The molecule has 25 heavy (non-hydrogen) atoms. The molecule has 0 rings (SSSR count). The van der Waals surface area contributed by atoms with E-state index >= 15 is 0 Å². The van der Waals surface area contributed by atoms with Crippen molar-refractivity contribution in [2.24, 2.45) is 11.8 Å². The number of hydrogen-bond acceptors (Lipinski definition) is 1. The van der Waals surface area contributed by atoms with Gasteiger partial charge in [-0.3, -0.25) is 0 Å². The third-order valence-corrected chi connectivity index (χ3v) is 15.2. The van der Waals surface area contributed by atoms with E-state index in [1.165, 1.54) is 51.9 Å². The van der Waals surface area contributed by atoms with Crippen molar-refractivity contribution in [3.8, 4) is 0 Å². The average molecular weight is 479 g/mol. The Morgan fingerprint density at radius 3 is 1.44 bits per heavy atom. The molecule has 0 bridgehead atoms. The van der Waals surface area contributed by atoms with Gasteiger partial charge in [-0.2, -0.15) is 0 Å². The fraction of sp³-hybridized carbons (Fsp3) is 0.955. The first-order valence-corrected chi connectivity index (χ1v) is 18.4. The molecular weight excluding hydrogens is 431 g/mol. The molecule has 0 saturated heterocycles. The number of hydrogen-bond donors (Lipinski definition) is 1. The average Bonchev–Trinajstić information content (AvgIpc) is 2.49. The van der Waals surface area contributed by atoms with Crippen LogP contribution in [0, 0.1) is 11.8 Å². The Labute approximate surface area is 172 Å². The van der Waals surface area contributed by atoms with E-state index in [0.29, 0.717) is 0 Å². The van der Waals surface area contributed by atoms with Crippen molar-refractivity contribution in [3.63, 3.8) is 0 Å². The van der Waals surface area contributed by atoms with Gasteiger partial charge in [0.25, 0.3) is 0 Å². The van der Waals surface area contributed by atoms with Crippen LogP contribution < -0.4 is 0 Å². The van der Waals surface area contributed by atoms with E-state index in [1.807, 2.05) is 0 Å². The van der Waals surface area contributed by atoms with Gasteiger partial charge in [0.05, 0.1) is 0 Å². The van der Waals surface area contributed by atoms with Crippen LogP contribution in [-0.2, 0) is 0 Å². The van der Waals surface area contributed by atoms with Crippen LogP contribution in [0.1, 0.15) is 106 Å². The fourth-order valence-electron chi connectivity index (χ4n) is 3.25. The van der Waals surface area contributed by atoms with Gasteiger partial charge in [-0.25, -0.2) is 0 Å². The van der Waals surface area contributed by atoms with E-state index in [1.54, 1.807) is 32.6 Å². The van der Waals surface area contributed by atoms with Gasteiger partial charge >= 0.3 is 144 Å². The minimum absolute atomic E-state index is 0.000000000000000222. The Kier molecular flexibility index (Phi) is 23.4. The van der Waals surface area contributed by atoms with Crippen LogP contribution in [0.4, 0.5) is 0 Å². The molecule has 0 unspecified atom stereocenters. The predicted molar refractivity (Wildman–Crippen MR) is 124 cm³/mol. The Balaban J connectivity index is 0. The molecule has 0 amide bonds. The molecule has 0 aliphatic heterocycles. The van der Waals surface area contributed by atoms with Crippen molar-refractivity contribution in [2.75, 3.05) is 0 Å². The zero-order valence-electron chi connectivity index (χ0n) is 18.3.